The zero-order valence-corrected chi connectivity index (χ0v) is 10.1. The molecule has 0 radical (unpaired) electrons. The summed E-state index contributed by atoms with van der Waals surface area (Å²) in [7, 11) is 0. The van der Waals surface area contributed by atoms with Crippen molar-refractivity contribution in [3.05, 3.63) is 47.9 Å². The van der Waals surface area contributed by atoms with Gasteiger partial charge in [0.15, 0.2) is 0 Å². The lowest BCUT2D eigenvalue weighted by Gasteiger charge is -2.05. The highest BCUT2D eigenvalue weighted by molar-refractivity contribution is 5.88. The molecule has 1 amide bonds. The summed E-state index contributed by atoms with van der Waals surface area (Å²) in [5, 5.41) is 9.79. The lowest BCUT2D eigenvalue weighted by molar-refractivity contribution is -0.114. The van der Waals surface area contributed by atoms with Crippen LogP contribution >= 0.6 is 0 Å². The van der Waals surface area contributed by atoms with Gasteiger partial charge in [-0.3, -0.25) is 4.79 Å². The van der Waals surface area contributed by atoms with Crippen LogP contribution in [0, 0.1) is 0 Å². The smallest absolute Gasteiger partial charge is 0.221 e. The first-order valence-electron chi connectivity index (χ1n) is 5.70. The van der Waals surface area contributed by atoms with Crippen LogP contribution in [0.1, 0.15) is 18.2 Å². The van der Waals surface area contributed by atoms with Crippen LogP contribution in [0.5, 0.6) is 0 Å². The molecule has 0 saturated carbocycles. The number of rotatable bonds is 5. The van der Waals surface area contributed by atoms with Gasteiger partial charge in [-0.2, -0.15) is 0 Å². The third kappa shape index (κ3) is 3.71. The van der Waals surface area contributed by atoms with Crippen LogP contribution in [-0.2, 0) is 17.9 Å². The van der Waals surface area contributed by atoms with Crippen LogP contribution in [0.4, 0.5) is 5.69 Å². The summed E-state index contributed by atoms with van der Waals surface area (Å²) in [6, 6.07) is 9.54. The van der Waals surface area contributed by atoms with E-state index in [1.54, 1.807) is 6.26 Å². The molecule has 2 aromatic rings. The molecule has 5 heteroatoms. The van der Waals surface area contributed by atoms with E-state index < -0.39 is 0 Å². The van der Waals surface area contributed by atoms with E-state index in [2.05, 4.69) is 15.8 Å². The number of carbonyl (C=O) groups is 1. The van der Waals surface area contributed by atoms with Gasteiger partial charge >= 0.3 is 0 Å². The second-order valence-electron chi connectivity index (χ2n) is 3.97. The quantitative estimate of drug-likeness (QED) is 0.844. The second-order valence-corrected chi connectivity index (χ2v) is 3.97. The van der Waals surface area contributed by atoms with Gasteiger partial charge in [0.1, 0.15) is 6.26 Å². The van der Waals surface area contributed by atoms with Crippen molar-refractivity contribution in [2.75, 3.05) is 5.32 Å². The number of hydrogen-bond donors (Lipinski definition) is 2. The minimum atomic E-state index is -0.0630. The van der Waals surface area contributed by atoms with E-state index in [-0.39, 0.29) is 5.91 Å². The summed E-state index contributed by atoms with van der Waals surface area (Å²) in [6.07, 6.45) is 1.55. The number of carbonyl (C=O) groups excluding carboxylic acids is 1. The molecule has 1 aromatic carbocycles. The topological polar surface area (TPSA) is 67.2 Å². The monoisotopic (exact) mass is 245 g/mol. The highest BCUT2D eigenvalue weighted by Gasteiger charge is 1.98. The van der Waals surface area contributed by atoms with Crippen LogP contribution in [0.15, 0.2) is 41.1 Å². The molecule has 94 valence electrons. The van der Waals surface area contributed by atoms with Gasteiger partial charge in [0.25, 0.3) is 0 Å². The Morgan fingerprint density at radius 1 is 1.22 bits per heavy atom. The maximum atomic E-state index is 10.9. The molecule has 0 atom stereocenters. The average Bonchev–Trinajstić information content (AvgIpc) is 2.84. The van der Waals surface area contributed by atoms with Gasteiger partial charge in [0.2, 0.25) is 5.91 Å². The number of benzene rings is 1. The van der Waals surface area contributed by atoms with Gasteiger partial charge < -0.3 is 15.2 Å². The normalized spacial score (nSPS) is 10.3. The van der Waals surface area contributed by atoms with Crippen molar-refractivity contribution < 1.29 is 9.32 Å². The minimum Gasteiger partial charge on any atom is -0.364 e. The lowest BCUT2D eigenvalue weighted by atomic mass is 10.2. The first-order chi connectivity index (χ1) is 8.74. The molecular weight excluding hydrogens is 230 g/mol. The number of aromatic nitrogens is 1. The van der Waals surface area contributed by atoms with Gasteiger partial charge in [-0.1, -0.05) is 17.3 Å². The first-order valence-corrected chi connectivity index (χ1v) is 5.70. The fourth-order valence-electron chi connectivity index (χ4n) is 1.57. The number of anilines is 1. The summed E-state index contributed by atoms with van der Waals surface area (Å²) in [6.45, 7) is 2.91. The average molecular weight is 245 g/mol. The summed E-state index contributed by atoms with van der Waals surface area (Å²) in [5.74, 6) is -0.0630. The predicted molar refractivity (Wildman–Crippen MR) is 67.8 cm³/mol. The van der Waals surface area contributed by atoms with E-state index in [1.807, 2.05) is 30.3 Å². The molecule has 18 heavy (non-hydrogen) atoms. The summed E-state index contributed by atoms with van der Waals surface area (Å²) >= 11 is 0. The van der Waals surface area contributed by atoms with Gasteiger partial charge in [-0.15, -0.1) is 0 Å². The Morgan fingerprint density at radius 2 is 2.00 bits per heavy atom. The van der Waals surface area contributed by atoms with Crippen molar-refractivity contribution in [2.24, 2.45) is 0 Å². The number of amides is 1. The maximum absolute atomic E-state index is 10.9. The third-order valence-electron chi connectivity index (χ3n) is 2.40. The first kappa shape index (κ1) is 12.3. The van der Waals surface area contributed by atoms with Crippen LogP contribution in [-0.4, -0.2) is 11.1 Å². The van der Waals surface area contributed by atoms with Crippen LogP contribution < -0.4 is 10.6 Å². The molecule has 5 nitrogen and oxygen atoms in total. The molecule has 0 unspecified atom stereocenters. The summed E-state index contributed by atoms with van der Waals surface area (Å²) in [5.41, 5.74) is 2.83. The van der Waals surface area contributed by atoms with Crippen molar-refractivity contribution in [1.82, 2.24) is 10.5 Å². The fraction of sp³-hybridized carbons (Fsp3) is 0.231. The van der Waals surface area contributed by atoms with Crippen LogP contribution in [0.2, 0.25) is 0 Å². The van der Waals surface area contributed by atoms with Crippen LogP contribution in [0.3, 0.4) is 0 Å². The van der Waals surface area contributed by atoms with Crippen molar-refractivity contribution in [3.63, 3.8) is 0 Å². The Hall–Kier alpha value is -2.14. The SMILES string of the molecule is CC(=O)Nc1ccc(CNCc2ccon2)cc1. The van der Waals surface area contributed by atoms with E-state index in [9.17, 15) is 4.79 Å². The van der Waals surface area contributed by atoms with Gasteiger partial charge in [-0.25, -0.2) is 0 Å². The Morgan fingerprint density at radius 3 is 2.61 bits per heavy atom. The molecule has 1 heterocycles. The van der Waals surface area contributed by atoms with Crippen molar-refractivity contribution in [2.45, 2.75) is 20.0 Å². The van der Waals surface area contributed by atoms with Crippen LogP contribution in [0.25, 0.3) is 0 Å². The molecule has 2 rings (SSSR count). The van der Waals surface area contributed by atoms with Crippen molar-refractivity contribution in [1.29, 1.82) is 0 Å². The largest absolute Gasteiger partial charge is 0.364 e. The number of nitrogens with one attached hydrogen (secondary N) is 2. The van der Waals surface area contributed by atoms with Gasteiger partial charge in [0.05, 0.1) is 5.69 Å². The number of nitrogens with zero attached hydrogens (tertiary/aromatic N) is 1. The van der Waals surface area contributed by atoms with E-state index in [1.165, 1.54) is 6.92 Å². The molecule has 0 bridgehead atoms. The molecule has 0 saturated heterocycles. The Balaban J connectivity index is 1.81. The standard InChI is InChI=1S/C13H15N3O2/c1-10(17)15-12-4-2-11(3-5-12)8-14-9-13-6-7-18-16-13/h2-7,14H,8-9H2,1H3,(H,15,17). The van der Waals surface area contributed by atoms with Crippen molar-refractivity contribution >= 4 is 11.6 Å². The highest BCUT2D eigenvalue weighted by Crippen LogP contribution is 2.09. The summed E-state index contributed by atoms with van der Waals surface area (Å²) < 4.78 is 4.74. The Labute approximate surface area is 105 Å². The Kier molecular flexibility index (Phi) is 4.09. The molecule has 0 fully saturated rings. The second kappa shape index (κ2) is 5.97. The van der Waals surface area contributed by atoms with Crippen molar-refractivity contribution in [3.8, 4) is 0 Å². The molecule has 0 aliphatic heterocycles. The minimum absolute atomic E-state index is 0.0630. The molecule has 1 aromatic heterocycles. The molecule has 2 N–H and O–H groups in total. The van der Waals surface area contributed by atoms with E-state index in [0.717, 1.165) is 23.5 Å². The molecular formula is C13H15N3O2. The highest BCUT2D eigenvalue weighted by atomic mass is 16.5. The fourth-order valence-corrected chi connectivity index (χ4v) is 1.57. The zero-order chi connectivity index (χ0) is 12.8. The van der Waals surface area contributed by atoms with E-state index in [0.29, 0.717) is 6.54 Å². The zero-order valence-electron chi connectivity index (χ0n) is 10.1. The lowest BCUT2D eigenvalue weighted by Crippen LogP contribution is -2.13. The third-order valence-corrected chi connectivity index (χ3v) is 2.40. The molecule has 0 aliphatic carbocycles. The summed E-state index contributed by atoms with van der Waals surface area (Å²) in [4.78, 5) is 10.9. The van der Waals surface area contributed by atoms with E-state index >= 15 is 0 Å². The maximum Gasteiger partial charge on any atom is 0.221 e. The van der Waals surface area contributed by atoms with Gasteiger partial charge in [0, 0.05) is 31.8 Å². The van der Waals surface area contributed by atoms with Gasteiger partial charge in [-0.05, 0) is 17.7 Å². The molecule has 0 aliphatic rings. The Bertz CT molecular complexity index is 491. The predicted octanol–water partition coefficient (Wildman–Crippen LogP) is 1.92. The molecule has 0 spiro atoms. The van der Waals surface area contributed by atoms with E-state index in [4.69, 9.17) is 4.52 Å². The number of hydrogen-bond acceptors (Lipinski definition) is 4.